The standard InChI is InChI=1S/C23H38N4O/c1-19(24)23(2,15-8-7-11-20-10-5-6-13-22(20)28)27-18-25-16-14-21(27)12-9-17-26(3)4/h5-6,10,13-14,16,19,28H,7-9,11-12,15,17-18,24H2,1-4H3/t19?,23-/m1/s1. The van der Waals surface area contributed by atoms with Crippen LogP contribution in [0.4, 0.5) is 0 Å². The number of allylic oxidation sites excluding steroid dienone is 2. The van der Waals surface area contributed by atoms with Gasteiger partial charge in [0.05, 0.1) is 5.54 Å². The van der Waals surface area contributed by atoms with Gasteiger partial charge in [-0.1, -0.05) is 24.6 Å². The smallest absolute Gasteiger partial charge is 0.118 e. The van der Waals surface area contributed by atoms with Gasteiger partial charge in [0.25, 0.3) is 0 Å². The number of aryl methyl sites for hydroxylation is 1. The molecule has 0 amide bonds. The van der Waals surface area contributed by atoms with Crippen LogP contribution in [0.3, 0.4) is 0 Å². The Kier molecular flexibility index (Phi) is 8.52. The fraction of sp³-hybridized carbons (Fsp3) is 0.609. The fourth-order valence-corrected chi connectivity index (χ4v) is 3.86. The molecule has 5 nitrogen and oxygen atoms in total. The molecule has 1 aromatic carbocycles. The summed E-state index contributed by atoms with van der Waals surface area (Å²) in [5.41, 5.74) is 8.73. The molecule has 1 aromatic rings. The molecule has 1 aliphatic heterocycles. The van der Waals surface area contributed by atoms with Crippen LogP contribution < -0.4 is 5.73 Å². The number of para-hydroxylation sites is 1. The Morgan fingerprint density at radius 2 is 1.96 bits per heavy atom. The third-order valence-electron chi connectivity index (χ3n) is 5.95. The Morgan fingerprint density at radius 3 is 2.64 bits per heavy atom. The second-order valence-electron chi connectivity index (χ2n) is 8.45. The summed E-state index contributed by atoms with van der Waals surface area (Å²) in [4.78, 5) is 9.17. The predicted molar refractivity (Wildman–Crippen MR) is 119 cm³/mol. The second kappa shape index (κ2) is 10.6. The maximum atomic E-state index is 9.96. The van der Waals surface area contributed by atoms with Gasteiger partial charge in [0, 0.05) is 18.0 Å². The van der Waals surface area contributed by atoms with E-state index in [1.807, 2.05) is 24.4 Å². The number of aromatic hydroxyl groups is 1. The zero-order chi connectivity index (χ0) is 20.6. The summed E-state index contributed by atoms with van der Waals surface area (Å²) < 4.78 is 0. The molecule has 0 saturated heterocycles. The maximum absolute atomic E-state index is 9.96. The molecule has 0 radical (unpaired) electrons. The quantitative estimate of drug-likeness (QED) is 0.568. The van der Waals surface area contributed by atoms with Crippen molar-refractivity contribution in [2.24, 2.45) is 10.7 Å². The van der Waals surface area contributed by atoms with Crippen LogP contribution in [0.5, 0.6) is 5.75 Å². The van der Waals surface area contributed by atoms with Crippen molar-refractivity contribution in [2.75, 3.05) is 27.3 Å². The minimum atomic E-state index is -0.125. The van der Waals surface area contributed by atoms with Crippen molar-refractivity contribution < 1.29 is 5.11 Å². The van der Waals surface area contributed by atoms with E-state index < -0.39 is 0 Å². The number of phenolic OH excluding ortho intramolecular Hbond substituents is 1. The number of nitrogens with zero attached hydrogens (tertiary/aromatic N) is 3. The third-order valence-corrected chi connectivity index (χ3v) is 5.95. The lowest BCUT2D eigenvalue weighted by molar-refractivity contribution is 0.105. The van der Waals surface area contributed by atoms with Crippen LogP contribution in [0.15, 0.2) is 41.0 Å². The molecule has 0 bridgehead atoms. The molecule has 3 N–H and O–H groups in total. The molecule has 0 spiro atoms. The minimum Gasteiger partial charge on any atom is -0.508 e. The largest absolute Gasteiger partial charge is 0.508 e. The Morgan fingerprint density at radius 1 is 1.21 bits per heavy atom. The van der Waals surface area contributed by atoms with Crippen molar-refractivity contribution in [2.45, 2.75) is 64.0 Å². The predicted octanol–water partition coefficient (Wildman–Crippen LogP) is 3.78. The van der Waals surface area contributed by atoms with Crippen LogP contribution in [0, 0.1) is 0 Å². The number of phenols is 1. The molecule has 0 aromatic heterocycles. The third kappa shape index (κ3) is 6.08. The van der Waals surface area contributed by atoms with Crippen LogP contribution in [0.1, 0.15) is 51.5 Å². The van der Waals surface area contributed by atoms with Crippen molar-refractivity contribution in [1.29, 1.82) is 0 Å². The zero-order valence-electron chi connectivity index (χ0n) is 18.1. The van der Waals surface area contributed by atoms with Crippen LogP contribution in [0.25, 0.3) is 0 Å². The number of hydrogen-bond donors (Lipinski definition) is 2. The summed E-state index contributed by atoms with van der Waals surface area (Å²) in [5.74, 6) is 0.397. The van der Waals surface area contributed by atoms with Gasteiger partial charge in [0.1, 0.15) is 12.4 Å². The monoisotopic (exact) mass is 386 g/mol. The summed E-state index contributed by atoms with van der Waals surface area (Å²) >= 11 is 0. The average Bonchev–Trinajstić information content (AvgIpc) is 2.66. The zero-order valence-corrected chi connectivity index (χ0v) is 18.1. The molecule has 2 rings (SSSR count). The normalized spacial score (nSPS) is 17.5. The maximum Gasteiger partial charge on any atom is 0.118 e. The number of rotatable bonds is 11. The van der Waals surface area contributed by atoms with Crippen LogP contribution in [0.2, 0.25) is 0 Å². The number of nitrogens with two attached hydrogens (primary N) is 1. The first-order chi connectivity index (χ1) is 13.3. The van der Waals surface area contributed by atoms with Gasteiger partial charge in [-0.3, -0.25) is 4.99 Å². The van der Waals surface area contributed by atoms with E-state index >= 15 is 0 Å². The molecular formula is C23H38N4O. The van der Waals surface area contributed by atoms with E-state index in [4.69, 9.17) is 5.73 Å². The molecule has 156 valence electrons. The van der Waals surface area contributed by atoms with Gasteiger partial charge >= 0.3 is 0 Å². The van der Waals surface area contributed by atoms with E-state index in [0.717, 1.165) is 50.6 Å². The molecule has 0 saturated carbocycles. The van der Waals surface area contributed by atoms with Gasteiger partial charge in [-0.05, 0) is 84.3 Å². The van der Waals surface area contributed by atoms with Gasteiger partial charge in [-0.25, -0.2) is 0 Å². The van der Waals surface area contributed by atoms with Crippen molar-refractivity contribution in [1.82, 2.24) is 9.80 Å². The first-order valence-electron chi connectivity index (χ1n) is 10.5. The molecule has 0 aliphatic carbocycles. The summed E-state index contributed by atoms with van der Waals surface area (Å²) in [5, 5.41) is 9.96. The molecule has 2 atom stereocenters. The van der Waals surface area contributed by atoms with Crippen molar-refractivity contribution in [3.8, 4) is 5.75 Å². The fourth-order valence-electron chi connectivity index (χ4n) is 3.86. The lowest BCUT2D eigenvalue weighted by atomic mass is 9.84. The Balaban J connectivity index is 1.97. The number of aliphatic imine (C=N–C) groups is 1. The van der Waals surface area contributed by atoms with Gasteiger partial charge < -0.3 is 20.6 Å². The van der Waals surface area contributed by atoms with Crippen molar-refractivity contribution in [3.63, 3.8) is 0 Å². The van der Waals surface area contributed by atoms with Crippen LogP contribution in [-0.4, -0.2) is 60.0 Å². The molecule has 1 aliphatic rings. The molecular weight excluding hydrogens is 348 g/mol. The lowest BCUT2D eigenvalue weighted by Crippen LogP contribution is -2.57. The van der Waals surface area contributed by atoms with E-state index in [9.17, 15) is 5.11 Å². The minimum absolute atomic E-state index is 0.0446. The van der Waals surface area contributed by atoms with E-state index in [1.165, 1.54) is 5.70 Å². The number of hydrogen-bond acceptors (Lipinski definition) is 5. The first kappa shape index (κ1) is 22.4. The Bertz CT molecular complexity index is 668. The summed E-state index contributed by atoms with van der Waals surface area (Å²) in [6.45, 7) is 6.15. The SMILES string of the molecule is CC(N)[C@@](C)(CCCCc1ccccc1O)N1CN=CC=C1CCCN(C)C. The topological polar surface area (TPSA) is 65.1 Å². The summed E-state index contributed by atoms with van der Waals surface area (Å²) in [6, 6.07) is 7.66. The van der Waals surface area contributed by atoms with Crippen molar-refractivity contribution in [3.05, 3.63) is 41.6 Å². The number of benzene rings is 1. The Hall–Kier alpha value is -1.85. The second-order valence-corrected chi connectivity index (χ2v) is 8.45. The van der Waals surface area contributed by atoms with Gasteiger partial charge in [0.15, 0.2) is 0 Å². The van der Waals surface area contributed by atoms with E-state index in [2.05, 4.69) is 48.8 Å². The van der Waals surface area contributed by atoms with Crippen LogP contribution in [-0.2, 0) is 6.42 Å². The summed E-state index contributed by atoms with van der Waals surface area (Å²) in [7, 11) is 4.23. The number of unbranched alkanes of at least 4 members (excludes halogenated alkanes) is 1. The highest BCUT2D eigenvalue weighted by Gasteiger charge is 2.36. The summed E-state index contributed by atoms with van der Waals surface area (Å²) in [6.07, 6.45) is 10.3. The van der Waals surface area contributed by atoms with E-state index in [0.29, 0.717) is 12.4 Å². The molecule has 5 heteroatoms. The van der Waals surface area contributed by atoms with E-state index in [-0.39, 0.29) is 11.6 Å². The lowest BCUT2D eigenvalue weighted by Gasteiger charge is -2.47. The van der Waals surface area contributed by atoms with Crippen molar-refractivity contribution >= 4 is 6.21 Å². The van der Waals surface area contributed by atoms with Gasteiger partial charge in [-0.2, -0.15) is 0 Å². The average molecular weight is 387 g/mol. The molecule has 0 fully saturated rings. The highest BCUT2D eigenvalue weighted by Crippen LogP contribution is 2.32. The van der Waals surface area contributed by atoms with Crippen LogP contribution >= 0.6 is 0 Å². The first-order valence-corrected chi connectivity index (χ1v) is 10.5. The van der Waals surface area contributed by atoms with E-state index in [1.54, 1.807) is 6.07 Å². The van der Waals surface area contributed by atoms with Gasteiger partial charge in [0.2, 0.25) is 0 Å². The highest BCUT2D eigenvalue weighted by atomic mass is 16.3. The Labute approximate surface area is 170 Å². The highest BCUT2D eigenvalue weighted by molar-refractivity contribution is 5.73. The molecule has 1 heterocycles. The molecule has 1 unspecified atom stereocenters. The molecule has 28 heavy (non-hydrogen) atoms. The van der Waals surface area contributed by atoms with Gasteiger partial charge in [-0.15, -0.1) is 0 Å².